The van der Waals surface area contributed by atoms with Crippen LogP contribution in [0.15, 0.2) is 67.3 Å². The SMILES string of the molecule is CN1OC(c2ccccc2)CC1(Cn1cncn1)c1ccc(F)cc1. The zero-order valence-electron chi connectivity index (χ0n) is 13.9. The number of hydrogen-bond acceptors (Lipinski definition) is 4. The predicted octanol–water partition coefficient (Wildman–Crippen LogP) is 3.32. The first-order valence-corrected chi connectivity index (χ1v) is 8.21. The highest BCUT2D eigenvalue weighted by Gasteiger charge is 2.47. The fourth-order valence-electron chi connectivity index (χ4n) is 3.51. The molecule has 1 aromatic heterocycles. The summed E-state index contributed by atoms with van der Waals surface area (Å²) in [6.07, 6.45) is 3.87. The van der Waals surface area contributed by atoms with Crippen LogP contribution in [0, 0.1) is 5.82 Å². The third-order valence-corrected chi connectivity index (χ3v) is 4.85. The van der Waals surface area contributed by atoms with E-state index in [4.69, 9.17) is 4.84 Å². The second-order valence-electron chi connectivity index (χ2n) is 6.34. The Morgan fingerprint density at radius 3 is 2.60 bits per heavy atom. The first kappa shape index (κ1) is 15.9. The molecular weight excluding hydrogens is 319 g/mol. The quantitative estimate of drug-likeness (QED) is 0.732. The third-order valence-electron chi connectivity index (χ3n) is 4.85. The minimum Gasteiger partial charge on any atom is -0.290 e. The average molecular weight is 338 g/mol. The summed E-state index contributed by atoms with van der Waals surface area (Å²) in [5.74, 6) is -0.249. The molecule has 5 nitrogen and oxygen atoms in total. The Hall–Kier alpha value is -2.57. The van der Waals surface area contributed by atoms with Crippen molar-refractivity contribution in [2.24, 2.45) is 0 Å². The van der Waals surface area contributed by atoms with E-state index in [1.54, 1.807) is 11.0 Å². The van der Waals surface area contributed by atoms with E-state index in [2.05, 4.69) is 22.2 Å². The third kappa shape index (κ3) is 2.94. The molecule has 2 aromatic carbocycles. The summed E-state index contributed by atoms with van der Waals surface area (Å²) in [5.41, 5.74) is 1.66. The Balaban J connectivity index is 1.74. The molecule has 0 aliphatic carbocycles. The standard InChI is InChI=1S/C19H19FN4O/c1-23-19(12-24-14-21-13-22-24,16-7-9-17(20)10-8-16)11-18(25-23)15-5-3-2-4-6-15/h2-10,13-14,18H,11-12H2,1H3. The average Bonchev–Trinajstić information content (AvgIpc) is 3.25. The van der Waals surface area contributed by atoms with Crippen molar-refractivity contribution in [2.75, 3.05) is 7.05 Å². The molecule has 3 aromatic rings. The second kappa shape index (κ2) is 6.38. The monoisotopic (exact) mass is 338 g/mol. The highest BCUT2D eigenvalue weighted by molar-refractivity contribution is 5.28. The maximum Gasteiger partial charge on any atom is 0.137 e. The van der Waals surface area contributed by atoms with Crippen LogP contribution in [-0.2, 0) is 16.9 Å². The molecular formula is C19H19FN4O. The molecule has 0 N–H and O–H groups in total. The minimum atomic E-state index is -0.456. The number of benzene rings is 2. The molecule has 0 radical (unpaired) electrons. The molecule has 2 atom stereocenters. The number of hydrogen-bond donors (Lipinski definition) is 0. The van der Waals surface area contributed by atoms with Crippen LogP contribution in [0.1, 0.15) is 23.7 Å². The van der Waals surface area contributed by atoms with E-state index in [9.17, 15) is 4.39 Å². The van der Waals surface area contributed by atoms with Crippen LogP contribution in [0.5, 0.6) is 0 Å². The molecule has 128 valence electrons. The number of aromatic nitrogens is 3. The Labute approximate surface area is 145 Å². The fourth-order valence-corrected chi connectivity index (χ4v) is 3.51. The normalized spacial score (nSPS) is 23.8. The lowest BCUT2D eigenvalue weighted by molar-refractivity contribution is -0.176. The molecule has 4 rings (SSSR count). The Morgan fingerprint density at radius 2 is 1.92 bits per heavy atom. The van der Waals surface area contributed by atoms with E-state index < -0.39 is 5.54 Å². The van der Waals surface area contributed by atoms with Crippen molar-refractivity contribution in [1.82, 2.24) is 19.8 Å². The Kier molecular flexibility index (Phi) is 4.07. The molecule has 2 unspecified atom stereocenters. The van der Waals surface area contributed by atoms with Crippen molar-refractivity contribution in [1.29, 1.82) is 0 Å². The van der Waals surface area contributed by atoms with Gasteiger partial charge in [0.05, 0.1) is 12.1 Å². The van der Waals surface area contributed by atoms with Crippen LogP contribution >= 0.6 is 0 Å². The zero-order valence-corrected chi connectivity index (χ0v) is 13.9. The lowest BCUT2D eigenvalue weighted by Crippen LogP contribution is -2.41. The van der Waals surface area contributed by atoms with E-state index in [0.717, 1.165) is 17.5 Å². The summed E-state index contributed by atoms with van der Waals surface area (Å²) in [6.45, 7) is 0.568. The summed E-state index contributed by atoms with van der Waals surface area (Å²) in [7, 11) is 1.92. The lowest BCUT2D eigenvalue weighted by Gasteiger charge is -2.34. The first-order chi connectivity index (χ1) is 12.2. The van der Waals surface area contributed by atoms with Crippen LogP contribution in [0.3, 0.4) is 0 Å². The largest absolute Gasteiger partial charge is 0.290 e. The number of halogens is 1. The summed E-state index contributed by atoms with van der Waals surface area (Å²) in [5, 5.41) is 6.12. The summed E-state index contributed by atoms with van der Waals surface area (Å²) >= 11 is 0. The fraction of sp³-hybridized carbons (Fsp3) is 0.263. The van der Waals surface area contributed by atoms with Gasteiger partial charge in [-0.05, 0) is 23.3 Å². The van der Waals surface area contributed by atoms with Crippen LogP contribution < -0.4 is 0 Å². The maximum absolute atomic E-state index is 13.4. The highest BCUT2D eigenvalue weighted by atomic mass is 19.1. The van der Waals surface area contributed by atoms with Crippen molar-refractivity contribution in [3.8, 4) is 0 Å². The molecule has 0 amide bonds. The lowest BCUT2D eigenvalue weighted by atomic mass is 9.84. The topological polar surface area (TPSA) is 43.2 Å². The molecule has 0 spiro atoms. The Morgan fingerprint density at radius 1 is 1.16 bits per heavy atom. The molecule has 0 saturated carbocycles. The number of hydroxylamine groups is 2. The van der Waals surface area contributed by atoms with Gasteiger partial charge in [0.25, 0.3) is 0 Å². The van der Waals surface area contributed by atoms with Crippen molar-refractivity contribution >= 4 is 0 Å². The first-order valence-electron chi connectivity index (χ1n) is 8.21. The van der Waals surface area contributed by atoms with Gasteiger partial charge in [0.1, 0.15) is 24.6 Å². The van der Waals surface area contributed by atoms with E-state index in [-0.39, 0.29) is 11.9 Å². The van der Waals surface area contributed by atoms with E-state index in [1.165, 1.54) is 18.5 Å². The van der Waals surface area contributed by atoms with Gasteiger partial charge in [0, 0.05) is 13.5 Å². The number of likely N-dealkylation sites (N-methyl/N-ethyl adjacent to an activating group) is 1. The van der Waals surface area contributed by atoms with Crippen molar-refractivity contribution in [3.05, 3.63) is 84.2 Å². The predicted molar refractivity (Wildman–Crippen MR) is 90.7 cm³/mol. The summed E-state index contributed by atoms with van der Waals surface area (Å²) in [4.78, 5) is 10.2. The van der Waals surface area contributed by atoms with Crippen LogP contribution in [0.25, 0.3) is 0 Å². The highest BCUT2D eigenvalue weighted by Crippen LogP contribution is 2.46. The van der Waals surface area contributed by atoms with Gasteiger partial charge in [-0.25, -0.2) is 9.37 Å². The van der Waals surface area contributed by atoms with Crippen LogP contribution in [0.2, 0.25) is 0 Å². The van der Waals surface area contributed by atoms with Gasteiger partial charge in [-0.3, -0.25) is 9.52 Å². The molecule has 1 fully saturated rings. The molecule has 1 saturated heterocycles. The van der Waals surface area contributed by atoms with E-state index in [1.807, 2.05) is 42.4 Å². The van der Waals surface area contributed by atoms with Gasteiger partial charge < -0.3 is 0 Å². The van der Waals surface area contributed by atoms with Crippen molar-refractivity contribution in [2.45, 2.75) is 24.6 Å². The molecule has 1 aliphatic rings. The molecule has 6 heteroatoms. The molecule has 0 bridgehead atoms. The zero-order chi connectivity index (χ0) is 17.3. The molecule has 25 heavy (non-hydrogen) atoms. The molecule has 1 aliphatic heterocycles. The van der Waals surface area contributed by atoms with E-state index >= 15 is 0 Å². The Bertz CT molecular complexity index is 822. The van der Waals surface area contributed by atoms with Crippen LogP contribution in [0.4, 0.5) is 4.39 Å². The van der Waals surface area contributed by atoms with Gasteiger partial charge in [0.2, 0.25) is 0 Å². The number of rotatable bonds is 4. The van der Waals surface area contributed by atoms with Gasteiger partial charge in [0.15, 0.2) is 0 Å². The summed E-state index contributed by atoms with van der Waals surface area (Å²) in [6, 6.07) is 16.7. The van der Waals surface area contributed by atoms with Gasteiger partial charge >= 0.3 is 0 Å². The molecule has 2 heterocycles. The van der Waals surface area contributed by atoms with Crippen LogP contribution in [-0.4, -0.2) is 26.9 Å². The van der Waals surface area contributed by atoms with Gasteiger partial charge in [-0.1, -0.05) is 42.5 Å². The summed E-state index contributed by atoms with van der Waals surface area (Å²) < 4.78 is 15.2. The van der Waals surface area contributed by atoms with Crippen molar-refractivity contribution < 1.29 is 9.23 Å². The second-order valence-corrected chi connectivity index (χ2v) is 6.34. The smallest absolute Gasteiger partial charge is 0.137 e. The van der Waals surface area contributed by atoms with Gasteiger partial charge in [-0.15, -0.1) is 0 Å². The van der Waals surface area contributed by atoms with E-state index in [0.29, 0.717) is 6.54 Å². The maximum atomic E-state index is 13.4. The minimum absolute atomic E-state index is 0.0697. The van der Waals surface area contributed by atoms with Crippen molar-refractivity contribution in [3.63, 3.8) is 0 Å². The van der Waals surface area contributed by atoms with Gasteiger partial charge in [-0.2, -0.15) is 10.2 Å². The number of nitrogens with zero attached hydrogens (tertiary/aromatic N) is 4.